The molecule has 3 nitrogen and oxygen atoms in total. The third kappa shape index (κ3) is 2.98. The van der Waals surface area contributed by atoms with Crippen molar-refractivity contribution in [3.05, 3.63) is 52.5 Å². The highest BCUT2D eigenvalue weighted by Gasteiger charge is 2.55. The summed E-state index contributed by atoms with van der Waals surface area (Å²) in [5.74, 6) is 2.78. The first-order valence-electron chi connectivity index (χ1n) is 9.90. The molecule has 0 radical (unpaired) electrons. The second kappa shape index (κ2) is 6.49. The van der Waals surface area contributed by atoms with Gasteiger partial charge in [-0.3, -0.25) is 9.78 Å². The first-order valence-corrected chi connectivity index (χ1v) is 10.8. The van der Waals surface area contributed by atoms with Crippen molar-refractivity contribution in [2.24, 2.45) is 23.2 Å². The average Bonchev–Trinajstić information content (AvgIpc) is 3.13. The zero-order chi connectivity index (χ0) is 17.6. The number of hydrogen-bond acceptors (Lipinski definition) is 3. The average molecular weight is 367 g/mol. The van der Waals surface area contributed by atoms with E-state index < -0.39 is 0 Å². The molecule has 4 heteroatoms. The summed E-state index contributed by atoms with van der Waals surface area (Å²) in [5, 5.41) is 4.27. The molecular weight excluding hydrogens is 340 g/mol. The highest BCUT2D eigenvalue weighted by atomic mass is 32.1. The van der Waals surface area contributed by atoms with E-state index in [4.69, 9.17) is 0 Å². The van der Waals surface area contributed by atoms with Crippen LogP contribution in [-0.4, -0.2) is 15.8 Å². The summed E-state index contributed by atoms with van der Waals surface area (Å²) in [6.45, 7) is 1.33. The first-order chi connectivity index (χ1) is 12.7. The number of carbonyl (C=O) groups excluding carboxylic acids is 1. The number of amides is 1. The van der Waals surface area contributed by atoms with E-state index in [-0.39, 0.29) is 5.41 Å². The minimum atomic E-state index is -0.0838. The van der Waals surface area contributed by atoms with Crippen molar-refractivity contribution in [3.63, 3.8) is 0 Å². The summed E-state index contributed by atoms with van der Waals surface area (Å²) in [4.78, 5) is 20.4. The predicted octanol–water partition coefficient (Wildman–Crippen LogP) is 4.89. The maximum Gasteiger partial charge on any atom is 0.229 e. The molecule has 1 amide bonds. The number of thiophene rings is 1. The van der Waals surface area contributed by atoms with Gasteiger partial charge in [-0.15, -0.1) is 0 Å². The van der Waals surface area contributed by atoms with Crippen LogP contribution < -0.4 is 0 Å². The SMILES string of the molecule is O=C(N(Cc1ccsc1)Cc1ccccn1)C12CC3CC(CC(C3)C1)C2. The Hall–Kier alpha value is -1.68. The van der Waals surface area contributed by atoms with Crippen LogP contribution in [0.5, 0.6) is 0 Å². The van der Waals surface area contributed by atoms with Crippen LogP contribution in [0.15, 0.2) is 41.2 Å². The molecule has 4 bridgehead atoms. The summed E-state index contributed by atoms with van der Waals surface area (Å²) in [6, 6.07) is 8.13. The normalized spacial score (nSPS) is 31.9. The molecule has 0 aromatic carbocycles. The summed E-state index contributed by atoms with van der Waals surface area (Å²) < 4.78 is 0. The molecule has 2 aromatic heterocycles. The molecule has 2 aromatic rings. The number of rotatable bonds is 5. The number of pyridine rings is 1. The number of aromatic nitrogens is 1. The van der Waals surface area contributed by atoms with Crippen LogP contribution in [0.3, 0.4) is 0 Å². The summed E-state index contributed by atoms with van der Waals surface area (Å²) in [5.41, 5.74) is 2.14. The van der Waals surface area contributed by atoms with E-state index in [1.165, 1.54) is 24.8 Å². The van der Waals surface area contributed by atoms with Gasteiger partial charge in [0.25, 0.3) is 0 Å². The van der Waals surface area contributed by atoms with E-state index in [0.717, 1.165) is 42.7 Å². The maximum absolute atomic E-state index is 13.8. The summed E-state index contributed by atoms with van der Waals surface area (Å²) >= 11 is 1.71. The molecule has 0 saturated heterocycles. The van der Waals surface area contributed by atoms with Crippen LogP contribution in [-0.2, 0) is 17.9 Å². The second-order valence-electron chi connectivity index (χ2n) is 8.81. The Morgan fingerprint density at radius 2 is 1.81 bits per heavy atom. The molecule has 0 spiro atoms. The summed E-state index contributed by atoms with van der Waals surface area (Å²) in [6.07, 6.45) is 9.32. The Morgan fingerprint density at radius 1 is 1.08 bits per heavy atom. The Morgan fingerprint density at radius 3 is 2.38 bits per heavy atom. The van der Waals surface area contributed by atoms with Crippen molar-refractivity contribution >= 4 is 17.2 Å². The van der Waals surface area contributed by atoms with Gasteiger partial charge in [-0.25, -0.2) is 0 Å². The van der Waals surface area contributed by atoms with E-state index in [9.17, 15) is 4.79 Å². The molecule has 0 N–H and O–H groups in total. The van der Waals surface area contributed by atoms with Gasteiger partial charge in [0, 0.05) is 12.7 Å². The first kappa shape index (κ1) is 16.5. The molecule has 0 atom stereocenters. The van der Waals surface area contributed by atoms with Crippen molar-refractivity contribution in [2.45, 2.75) is 51.6 Å². The molecule has 4 aliphatic rings. The molecule has 2 heterocycles. The minimum absolute atomic E-state index is 0.0838. The lowest BCUT2D eigenvalue weighted by Gasteiger charge is -2.56. The van der Waals surface area contributed by atoms with Crippen LogP contribution >= 0.6 is 11.3 Å². The standard InChI is InChI=1S/C22H26N2OS/c25-21(22-10-17-7-18(11-22)9-19(8-17)12-22)24(13-16-4-6-26-15-16)14-20-3-1-2-5-23-20/h1-6,15,17-19H,7-14H2. The highest BCUT2D eigenvalue weighted by molar-refractivity contribution is 7.07. The van der Waals surface area contributed by atoms with E-state index in [1.54, 1.807) is 11.3 Å². The van der Waals surface area contributed by atoms with Gasteiger partial charge < -0.3 is 4.90 Å². The van der Waals surface area contributed by atoms with Gasteiger partial charge in [0.05, 0.1) is 17.7 Å². The maximum atomic E-state index is 13.8. The number of hydrogen-bond donors (Lipinski definition) is 0. The largest absolute Gasteiger partial charge is 0.332 e. The minimum Gasteiger partial charge on any atom is -0.332 e. The van der Waals surface area contributed by atoms with Crippen molar-refractivity contribution < 1.29 is 4.79 Å². The van der Waals surface area contributed by atoms with Crippen LogP contribution in [0.2, 0.25) is 0 Å². The van der Waals surface area contributed by atoms with Crippen molar-refractivity contribution in [2.75, 3.05) is 0 Å². The van der Waals surface area contributed by atoms with Crippen LogP contribution in [0.4, 0.5) is 0 Å². The number of carbonyl (C=O) groups is 1. The fraction of sp³-hybridized carbons (Fsp3) is 0.545. The van der Waals surface area contributed by atoms with Gasteiger partial charge in [0.1, 0.15) is 0 Å². The van der Waals surface area contributed by atoms with Crippen molar-refractivity contribution in [1.29, 1.82) is 0 Å². The third-order valence-electron chi connectivity index (χ3n) is 6.81. The molecule has 4 fully saturated rings. The van der Waals surface area contributed by atoms with Crippen molar-refractivity contribution in [3.8, 4) is 0 Å². The fourth-order valence-corrected chi connectivity index (χ4v) is 6.86. The Balaban J connectivity index is 1.43. The monoisotopic (exact) mass is 366 g/mol. The van der Waals surface area contributed by atoms with Crippen LogP contribution in [0, 0.1) is 23.2 Å². The van der Waals surface area contributed by atoms with E-state index in [0.29, 0.717) is 19.0 Å². The van der Waals surface area contributed by atoms with Crippen molar-refractivity contribution in [1.82, 2.24) is 9.88 Å². The van der Waals surface area contributed by atoms with Gasteiger partial charge >= 0.3 is 0 Å². The topological polar surface area (TPSA) is 33.2 Å². The Bertz CT molecular complexity index is 735. The molecule has 6 rings (SSSR count). The molecular formula is C22H26N2OS. The number of nitrogens with zero attached hydrogens (tertiary/aromatic N) is 2. The Labute approximate surface area is 159 Å². The lowest BCUT2D eigenvalue weighted by atomic mass is 9.49. The van der Waals surface area contributed by atoms with E-state index in [2.05, 4.69) is 26.7 Å². The van der Waals surface area contributed by atoms with Gasteiger partial charge in [-0.2, -0.15) is 11.3 Å². The summed E-state index contributed by atoms with van der Waals surface area (Å²) in [7, 11) is 0. The lowest BCUT2D eigenvalue weighted by molar-refractivity contribution is -0.159. The lowest BCUT2D eigenvalue weighted by Crippen LogP contribution is -2.54. The molecule has 136 valence electrons. The zero-order valence-corrected chi connectivity index (χ0v) is 16.0. The Kier molecular flexibility index (Phi) is 4.11. The molecule has 26 heavy (non-hydrogen) atoms. The van der Waals surface area contributed by atoms with Gasteiger partial charge in [0.15, 0.2) is 0 Å². The molecule has 0 aliphatic heterocycles. The predicted molar refractivity (Wildman–Crippen MR) is 103 cm³/mol. The molecule has 0 unspecified atom stereocenters. The van der Waals surface area contributed by atoms with E-state index >= 15 is 0 Å². The quantitative estimate of drug-likeness (QED) is 0.755. The van der Waals surface area contributed by atoms with E-state index in [1.807, 2.05) is 24.4 Å². The fourth-order valence-electron chi connectivity index (χ4n) is 6.20. The van der Waals surface area contributed by atoms with Gasteiger partial charge in [-0.05, 0) is 90.8 Å². The second-order valence-corrected chi connectivity index (χ2v) is 9.59. The highest BCUT2D eigenvalue weighted by Crippen LogP contribution is 2.60. The molecule has 4 saturated carbocycles. The smallest absolute Gasteiger partial charge is 0.229 e. The van der Waals surface area contributed by atoms with Crippen LogP contribution in [0.1, 0.15) is 49.8 Å². The molecule has 4 aliphatic carbocycles. The van der Waals surface area contributed by atoms with Crippen LogP contribution in [0.25, 0.3) is 0 Å². The zero-order valence-electron chi connectivity index (χ0n) is 15.1. The third-order valence-corrected chi connectivity index (χ3v) is 7.54. The van der Waals surface area contributed by atoms with Gasteiger partial charge in [0.2, 0.25) is 5.91 Å². The van der Waals surface area contributed by atoms with Gasteiger partial charge in [-0.1, -0.05) is 6.07 Å².